The van der Waals surface area contributed by atoms with E-state index in [9.17, 15) is 4.79 Å². The monoisotopic (exact) mass is 424 g/mol. The summed E-state index contributed by atoms with van der Waals surface area (Å²) < 4.78 is 12.3. The van der Waals surface area contributed by atoms with Crippen LogP contribution in [0.3, 0.4) is 0 Å². The van der Waals surface area contributed by atoms with Gasteiger partial charge in [-0.15, -0.1) is 0 Å². The number of hydrogen-bond acceptors (Lipinski definition) is 3. The molecule has 3 heteroatoms. The third-order valence-corrected chi connectivity index (χ3v) is 7.68. The van der Waals surface area contributed by atoms with Crippen LogP contribution < -0.4 is 0 Å². The summed E-state index contributed by atoms with van der Waals surface area (Å²) >= 11 is 0. The Hall–Kier alpha value is -2.91. The maximum Gasteiger partial charge on any atom is 0.340 e. The highest BCUT2D eigenvalue weighted by Crippen LogP contribution is 2.56. The Bertz CT molecular complexity index is 1220. The number of fused-ring (bicyclic) bond motifs is 5. The van der Waals surface area contributed by atoms with Crippen LogP contribution in [0, 0.1) is 0 Å². The van der Waals surface area contributed by atoms with Crippen LogP contribution in [0.5, 0.6) is 0 Å². The van der Waals surface area contributed by atoms with Crippen molar-refractivity contribution in [1.29, 1.82) is 0 Å². The highest BCUT2D eigenvalue weighted by molar-refractivity contribution is 6.08. The molecule has 0 saturated heterocycles. The number of aryl methyl sites for hydroxylation is 1. The Morgan fingerprint density at radius 2 is 1.69 bits per heavy atom. The van der Waals surface area contributed by atoms with Gasteiger partial charge in [0, 0.05) is 18.2 Å². The van der Waals surface area contributed by atoms with E-state index in [1.807, 2.05) is 0 Å². The van der Waals surface area contributed by atoms with Crippen molar-refractivity contribution in [2.45, 2.75) is 57.2 Å². The van der Waals surface area contributed by atoms with Crippen LogP contribution in [0.2, 0.25) is 0 Å². The lowest BCUT2D eigenvalue weighted by atomic mass is 9.76. The molecule has 1 saturated carbocycles. The lowest BCUT2D eigenvalue weighted by molar-refractivity contribution is -0.0280. The average molecular weight is 425 g/mol. The van der Waals surface area contributed by atoms with E-state index in [0.29, 0.717) is 0 Å². The van der Waals surface area contributed by atoms with Crippen molar-refractivity contribution in [3.63, 3.8) is 0 Å². The zero-order valence-corrected chi connectivity index (χ0v) is 18.7. The van der Waals surface area contributed by atoms with E-state index in [2.05, 4.69) is 61.5 Å². The molecule has 3 aliphatic rings. The minimum Gasteiger partial charge on any atom is -0.451 e. The van der Waals surface area contributed by atoms with Crippen molar-refractivity contribution in [2.24, 2.45) is 0 Å². The molecule has 0 radical (unpaired) electrons. The maximum atomic E-state index is 13.5. The number of ether oxygens (including phenoxy) is 2. The first-order valence-corrected chi connectivity index (χ1v) is 11.8. The summed E-state index contributed by atoms with van der Waals surface area (Å²) in [5.41, 5.74) is 9.35. The third kappa shape index (κ3) is 2.67. The molecule has 0 amide bonds. The molecule has 1 fully saturated rings. The SMILES string of the molecule is CCc1ccc(-c2c3c(cc4c2-c2ccccc2C4OC)C2(CCCCC2)OC3=O)cc1. The molecule has 1 spiro atoms. The molecule has 0 N–H and O–H groups in total. The fourth-order valence-electron chi connectivity index (χ4n) is 6.12. The summed E-state index contributed by atoms with van der Waals surface area (Å²) in [5, 5.41) is 0. The Morgan fingerprint density at radius 1 is 0.938 bits per heavy atom. The smallest absolute Gasteiger partial charge is 0.340 e. The molecular weight excluding hydrogens is 396 g/mol. The second-order valence-electron chi connectivity index (χ2n) is 9.34. The van der Waals surface area contributed by atoms with Crippen molar-refractivity contribution in [3.8, 4) is 22.3 Å². The van der Waals surface area contributed by atoms with E-state index in [1.165, 1.54) is 17.5 Å². The van der Waals surface area contributed by atoms with Crippen LogP contribution in [0.15, 0.2) is 54.6 Å². The van der Waals surface area contributed by atoms with E-state index in [-0.39, 0.29) is 12.1 Å². The molecule has 0 bridgehead atoms. The van der Waals surface area contributed by atoms with Gasteiger partial charge in [-0.3, -0.25) is 0 Å². The van der Waals surface area contributed by atoms with E-state index in [0.717, 1.165) is 71.0 Å². The van der Waals surface area contributed by atoms with E-state index >= 15 is 0 Å². The molecule has 32 heavy (non-hydrogen) atoms. The summed E-state index contributed by atoms with van der Waals surface area (Å²) in [7, 11) is 1.78. The number of esters is 1. The van der Waals surface area contributed by atoms with Crippen LogP contribution in [-0.2, 0) is 21.5 Å². The Morgan fingerprint density at radius 3 is 2.41 bits per heavy atom. The largest absolute Gasteiger partial charge is 0.451 e. The van der Waals surface area contributed by atoms with Crippen LogP contribution >= 0.6 is 0 Å². The van der Waals surface area contributed by atoms with E-state index < -0.39 is 5.60 Å². The molecule has 162 valence electrons. The van der Waals surface area contributed by atoms with Gasteiger partial charge in [0.1, 0.15) is 11.7 Å². The maximum absolute atomic E-state index is 13.5. The number of benzene rings is 3. The molecule has 3 aromatic carbocycles. The molecule has 3 aromatic rings. The second-order valence-corrected chi connectivity index (χ2v) is 9.34. The number of methoxy groups -OCH3 is 1. The first-order chi connectivity index (χ1) is 15.7. The van der Waals surface area contributed by atoms with Gasteiger partial charge in [0.25, 0.3) is 0 Å². The summed E-state index contributed by atoms with van der Waals surface area (Å²) in [6.07, 6.45) is 6.07. The van der Waals surface area contributed by atoms with E-state index in [1.54, 1.807) is 7.11 Å². The second kappa shape index (κ2) is 7.31. The number of hydrogen-bond donors (Lipinski definition) is 0. The highest BCUT2D eigenvalue weighted by Gasteiger charge is 2.49. The topological polar surface area (TPSA) is 35.5 Å². The van der Waals surface area contributed by atoms with Gasteiger partial charge in [0.05, 0.1) is 5.56 Å². The first kappa shape index (κ1) is 19.8. The van der Waals surface area contributed by atoms with Gasteiger partial charge in [0.2, 0.25) is 0 Å². The lowest BCUT2D eigenvalue weighted by Gasteiger charge is -2.33. The van der Waals surface area contributed by atoms with Crippen LogP contribution in [0.1, 0.15) is 77.7 Å². The molecule has 1 unspecified atom stereocenters. The standard InChI is InChI=1S/C29H28O3/c1-3-18-11-13-19(14-12-18)24-25-20-9-5-6-10-21(20)27(31-2)22(25)17-23-26(24)28(30)32-29(23)15-7-4-8-16-29/h5-6,9-14,17,27H,3-4,7-8,15-16H2,1-2H3. The zero-order valence-electron chi connectivity index (χ0n) is 18.7. The van der Waals surface area contributed by atoms with Crippen LogP contribution in [0.4, 0.5) is 0 Å². The van der Waals surface area contributed by atoms with Gasteiger partial charge in [-0.25, -0.2) is 4.79 Å². The molecular formula is C29H28O3. The molecule has 3 nitrogen and oxygen atoms in total. The van der Waals surface area contributed by atoms with Crippen molar-refractivity contribution in [2.75, 3.05) is 7.11 Å². The predicted octanol–water partition coefficient (Wildman–Crippen LogP) is 6.96. The molecule has 6 rings (SSSR count). The lowest BCUT2D eigenvalue weighted by Crippen LogP contribution is -2.29. The third-order valence-electron chi connectivity index (χ3n) is 7.68. The Balaban J connectivity index is 1.69. The fourth-order valence-corrected chi connectivity index (χ4v) is 6.12. The Kier molecular flexibility index (Phi) is 4.51. The van der Waals surface area contributed by atoms with Gasteiger partial charge in [-0.05, 0) is 71.6 Å². The highest BCUT2D eigenvalue weighted by atomic mass is 16.6. The van der Waals surface area contributed by atoms with Crippen molar-refractivity contribution in [3.05, 3.63) is 82.4 Å². The van der Waals surface area contributed by atoms with Gasteiger partial charge < -0.3 is 9.47 Å². The summed E-state index contributed by atoms with van der Waals surface area (Å²) in [6, 6.07) is 19.3. The molecule has 1 atom stereocenters. The minimum atomic E-state index is -0.481. The van der Waals surface area contributed by atoms with Gasteiger partial charge >= 0.3 is 5.97 Å². The van der Waals surface area contributed by atoms with Crippen LogP contribution in [0.25, 0.3) is 22.3 Å². The summed E-state index contributed by atoms with van der Waals surface area (Å²) in [6.45, 7) is 2.16. The fraction of sp³-hybridized carbons (Fsp3) is 0.345. The molecule has 1 heterocycles. The minimum absolute atomic E-state index is 0.128. The van der Waals surface area contributed by atoms with Gasteiger partial charge in [-0.1, -0.05) is 61.9 Å². The number of rotatable bonds is 3. The first-order valence-electron chi connectivity index (χ1n) is 11.8. The number of carbonyl (C=O) groups is 1. The normalized spacial score (nSPS) is 20.1. The quantitative estimate of drug-likeness (QED) is 0.426. The molecule has 1 aliphatic heterocycles. The predicted molar refractivity (Wildman–Crippen MR) is 126 cm³/mol. The van der Waals surface area contributed by atoms with Crippen molar-refractivity contribution in [1.82, 2.24) is 0 Å². The molecule has 2 aliphatic carbocycles. The number of carbonyl (C=O) groups excluding carboxylic acids is 1. The van der Waals surface area contributed by atoms with Crippen LogP contribution in [-0.4, -0.2) is 13.1 Å². The molecule has 0 aromatic heterocycles. The Labute approximate surface area is 189 Å². The summed E-state index contributed by atoms with van der Waals surface area (Å²) in [5.74, 6) is -0.169. The van der Waals surface area contributed by atoms with Crippen molar-refractivity contribution < 1.29 is 14.3 Å². The average Bonchev–Trinajstić information content (AvgIpc) is 3.30. The summed E-state index contributed by atoms with van der Waals surface area (Å²) in [4.78, 5) is 13.5. The van der Waals surface area contributed by atoms with Gasteiger partial charge in [-0.2, -0.15) is 0 Å². The zero-order chi connectivity index (χ0) is 21.9. The van der Waals surface area contributed by atoms with Gasteiger partial charge in [0.15, 0.2) is 0 Å². The van der Waals surface area contributed by atoms with E-state index in [4.69, 9.17) is 9.47 Å². The van der Waals surface area contributed by atoms with Crippen molar-refractivity contribution >= 4 is 5.97 Å².